The van der Waals surface area contributed by atoms with Crippen LogP contribution in [0.2, 0.25) is 0 Å². The van der Waals surface area contributed by atoms with Crippen LogP contribution in [-0.4, -0.2) is 22.9 Å². The second-order valence-electron chi connectivity index (χ2n) is 5.75. The summed E-state index contributed by atoms with van der Waals surface area (Å²) in [5, 5.41) is 13.6. The lowest BCUT2D eigenvalue weighted by Gasteiger charge is -2.09. The van der Waals surface area contributed by atoms with Gasteiger partial charge >= 0.3 is 0 Å². The van der Waals surface area contributed by atoms with E-state index in [1.54, 1.807) is 6.92 Å². The topological polar surface area (TPSA) is 108 Å². The van der Waals surface area contributed by atoms with Crippen molar-refractivity contribution >= 4 is 17.3 Å². The molecule has 0 saturated heterocycles. The van der Waals surface area contributed by atoms with E-state index in [-0.39, 0.29) is 23.7 Å². The van der Waals surface area contributed by atoms with Crippen molar-refractivity contribution in [1.82, 2.24) is 4.98 Å². The number of carbonyl (C=O) groups excluding carboxylic acids is 1. The van der Waals surface area contributed by atoms with Crippen LogP contribution in [0.3, 0.4) is 0 Å². The molecule has 0 atom stereocenters. The van der Waals surface area contributed by atoms with E-state index in [0.717, 1.165) is 5.56 Å². The first-order valence-corrected chi connectivity index (χ1v) is 8.12. The molecule has 27 heavy (non-hydrogen) atoms. The van der Waals surface area contributed by atoms with Gasteiger partial charge < -0.3 is 14.5 Å². The van der Waals surface area contributed by atoms with Gasteiger partial charge in [0, 0.05) is 17.7 Å². The molecular formula is C19H17N3O5. The Morgan fingerprint density at radius 2 is 2.00 bits per heavy atom. The molecule has 8 heteroatoms. The number of nitrogens with zero attached hydrogens (tertiary/aromatic N) is 2. The average molecular weight is 367 g/mol. The SMILES string of the molecule is COc1ccc([N+](=O)[O-])cc1NC(=O)Cc1nc(-c2ccccc2)oc1C. The molecule has 0 aliphatic heterocycles. The molecule has 0 aliphatic carbocycles. The number of aryl methyl sites for hydroxylation is 1. The summed E-state index contributed by atoms with van der Waals surface area (Å²) in [6, 6.07) is 13.4. The van der Waals surface area contributed by atoms with E-state index in [2.05, 4.69) is 10.3 Å². The smallest absolute Gasteiger partial charge is 0.271 e. The fraction of sp³-hybridized carbons (Fsp3) is 0.158. The molecule has 8 nitrogen and oxygen atoms in total. The summed E-state index contributed by atoms with van der Waals surface area (Å²) >= 11 is 0. The van der Waals surface area contributed by atoms with Crippen LogP contribution in [0.25, 0.3) is 11.5 Å². The molecule has 138 valence electrons. The minimum absolute atomic E-state index is 0.0337. The van der Waals surface area contributed by atoms with E-state index < -0.39 is 4.92 Å². The molecule has 0 spiro atoms. The highest BCUT2D eigenvalue weighted by molar-refractivity contribution is 5.94. The molecule has 1 N–H and O–H groups in total. The van der Waals surface area contributed by atoms with Crippen molar-refractivity contribution in [3.05, 3.63) is 70.1 Å². The van der Waals surface area contributed by atoms with Gasteiger partial charge in [-0.15, -0.1) is 0 Å². The number of rotatable bonds is 6. The second-order valence-corrected chi connectivity index (χ2v) is 5.75. The van der Waals surface area contributed by atoms with E-state index in [1.807, 2.05) is 30.3 Å². The summed E-state index contributed by atoms with van der Waals surface area (Å²) in [5.41, 5.74) is 1.39. The number of carbonyl (C=O) groups is 1. The highest BCUT2D eigenvalue weighted by Gasteiger charge is 2.17. The van der Waals surface area contributed by atoms with Crippen molar-refractivity contribution in [3.8, 4) is 17.2 Å². The zero-order valence-corrected chi connectivity index (χ0v) is 14.8. The van der Waals surface area contributed by atoms with Crippen LogP contribution in [0.1, 0.15) is 11.5 Å². The number of hydrogen-bond acceptors (Lipinski definition) is 6. The fourth-order valence-corrected chi connectivity index (χ4v) is 2.55. The average Bonchev–Trinajstić information content (AvgIpc) is 3.02. The molecule has 3 aromatic rings. The Kier molecular flexibility index (Phi) is 5.16. The largest absolute Gasteiger partial charge is 0.495 e. The molecule has 0 unspecified atom stereocenters. The number of benzene rings is 2. The van der Waals surface area contributed by atoms with Gasteiger partial charge in [0.2, 0.25) is 11.8 Å². The molecule has 2 aromatic carbocycles. The van der Waals surface area contributed by atoms with Gasteiger partial charge in [-0.3, -0.25) is 14.9 Å². The van der Waals surface area contributed by atoms with Crippen LogP contribution in [0.5, 0.6) is 5.75 Å². The number of oxazole rings is 1. The van der Waals surface area contributed by atoms with Crippen molar-refractivity contribution < 1.29 is 18.9 Å². The minimum Gasteiger partial charge on any atom is -0.495 e. The van der Waals surface area contributed by atoms with Crippen molar-refractivity contribution in [1.29, 1.82) is 0 Å². The number of nitro benzene ring substituents is 1. The number of anilines is 1. The molecule has 0 radical (unpaired) electrons. The third-order valence-electron chi connectivity index (χ3n) is 3.91. The molecule has 0 fully saturated rings. The van der Waals surface area contributed by atoms with E-state index >= 15 is 0 Å². The fourth-order valence-electron chi connectivity index (χ4n) is 2.55. The van der Waals surface area contributed by atoms with Crippen molar-refractivity contribution in [2.24, 2.45) is 0 Å². The number of non-ortho nitro benzene ring substituents is 1. The van der Waals surface area contributed by atoms with Crippen LogP contribution >= 0.6 is 0 Å². The van der Waals surface area contributed by atoms with Crippen molar-refractivity contribution in [2.75, 3.05) is 12.4 Å². The van der Waals surface area contributed by atoms with Gasteiger partial charge in [-0.1, -0.05) is 18.2 Å². The standard InChI is InChI=1S/C19H17N3O5/c1-12-15(21-19(27-12)13-6-4-3-5-7-13)11-18(23)20-16-10-14(22(24)25)8-9-17(16)26-2/h3-10H,11H2,1-2H3,(H,20,23). The van der Waals surface area contributed by atoms with Gasteiger partial charge in [0.1, 0.15) is 11.5 Å². The number of nitro groups is 1. The Morgan fingerprint density at radius 1 is 1.26 bits per heavy atom. The van der Waals surface area contributed by atoms with Gasteiger partial charge in [-0.25, -0.2) is 4.98 Å². The van der Waals surface area contributed by atoms with E-state index in [4.69, 9.17) is 9.15 Å². The zero-order chi connectivity index (χ0) is 19.4. The van der Waals surface area contributed by atoms with Gasteiger partial charge in [-0.2, -0.15) is 0 Å². The van der Waals surface area contributed by atoms with Gasteiger partial charge in [0.25, 0.3) is 5.69 Å². The Bertz CT molecular complexity index is 982. The second kappa shape index (κ2) is 7.69. The van der Waals surface area contributed by atoms with E-state index in [9.17, 15) is 14.9 Å². The number of amides is 1. The number of ether oxygens (including phenoxy) is 1. The monoisotopic (exact) mass is 367 g/mol. The van der Waals surface area contributed by atoms with Crippen LogP contribution in [0.4, 0.5) is 11.4 Å². The first kappa shape index (κ1) is 18.1. The number of aromatic nitrogens is 1. The Labute approximate surface area is 154 Å². The summed E-state index contributed by atoms with van der Waals surface area (Å²) in [6.45, 7) is 1.73. The molecule has 0 bridgehead atoms. The Hall–Kier alpha value is -3.68. The van der Waals surface area contributed by atoms with E-state index in [1.165, 1.54) is 25.3 Å². The quantitative estimate of drug-likeness (QED) is 0.525. The maximum absolute atomic E-state index is 12.4. The molecular weight excluding hydrogens is 350 g/mol. The third-order valence-corrected chi connectivity index (χ3v) is 3.91. The lowest BCUT2D eigenvalue weighted by molar-refractivity contribution is -0.384. The molecule has 1 aromatic heterocycles. The van der Waals surface area contributed by atoms with Gasteiger partial charge in [-0.05, 0) is 25.1 Å². The van der Waals surface area contributed by atoms with Gasteiger partial charge in [0.15, 0.2) is 0 Å². The first-order valence-electron chi connectivity index (χ1n) is 8.12. The first-order chi connectivity index (χ1) is 13.0. The molecule has 1 heterocycles. The van der Waals surface area contributed by atoms with Crippen LogP contribution in [-0.2, 0) is 11.2 Å². The predicted molar refractivity (Wildman–Crippen MR) is 98.7 cm³/mol. The summed E-state index contributed by atoms with van der Waals surface area (Å²) in [6.07, 6.45) is -0.0337. The van der Waals surface area contributed by atoms with Crippen LogP contribution < -0.4 is 10.1 Å². The van der Waals surface area contributed by atoms with Crippen LogP contribution in [0.15, 0.2) is 52.9 Å². The Balaban J connectivity index is 1.78. The summed E-state index contributed by atoms with van der Waals surface area (Å²) in [7, 11) is 1.42. The molecule has 0 aliphatic rings. The number of nitrogens with one attached hydrogen (secondary N) is 1. The molecule has 3 rings (SSSR count). The zero-order valence-electron chi connectivity index (χ0n) is 14.8. The van der Waals surface area contributed by atoms with Crippen molar-refractivity contribution in [2.45, 2.75) is 13.3 Å². The maximum Gasteiger partial charge on any atom is 0.271 e. The summed E-state index contributed by atoms with van der Waals surface area (Å²) < 4.78 is 10.8. The highest BCUT2D eigenvalue weighted by atomic mass is 16.6. The van der Waals surface area contributed by atoms with Crippen LogP contribution in [0, 0.1) is 17.0 Å². The van der Waals surface area contributed by atoms with Gasteiger partial charge in [0.05, 0.1) is 29.8 Å². The summed E-state index contributed by atoms with van der Waals surface area (Å²) in [4.78, 5) is 27.2. The molecule has 0 saturated carbocycles. The van der Waals surface area contributed by atoms with E-state index in [0.29, 0.717) is 23.1 Å². The minimum atomic E-state index is -0.539. The number of hydrogen-bond donors (Lipinski definition) is 1. The third kappa shape index (κ3) is 4.12. The maximum atomic E-state index is 12.4. The summed E-state index contributed by atoms with van der Waals surface area (Å²) in [5.74, 6) is 0.916. The normalized spacial score (nSPS) is 10.4. The Morgan fingerprint density at radius 3 is 2.67 bits per heavy atom. The lowest BCUT2D eigenvalue weighted by Crippen LogP contribution is -2.16. The van der Waals surface area contributed by atoms with Crippen molar-refractivity contribution in [3.63, 3.8) is 0 Å². The highest BCUT2D eigenvalue weighted by Crippen LogP contribution is 2.29. The predicted octanol–water partition coefficient (Wildman–Crippen LogP) is 3.75. The molecule has 1 amide bonds. The lowest BCUT2D eigenvalue weighted by atomic mass is 10.2. The number of methoxy groups -OCH3 is 1.